The minimum atomic E-state index is 0.768. The third kappa shape index (κ3) is 3.36. The normalized spacial score (nSPS) is 10.9. The molecule has 0 unspecified atom stereocenters. The van der Waals surface area contributed by atoms with Crippen molar-refractivity contribution >= 4 is 5.82 Å². The predicted octanol–water partition coefficient (Wildman–Crippen LogP) is 2.65. The van der Waals surface area contributed by atoms with E-state index in [0.29, 0.717) is 0 Å². The highest BCUT2D eigenvalue weighted by molar-refractivity contribution is 5.37. The first-order valence-electron chi connectivity index (χ1n) is 6.87. The molecule has 2 aromatic heterocycles. The Morgan fingerprint density at radius 2 is 2.05 bits per heavy atom. The molecular formula is C14H23N5. The maximum Gasteiger partial charge on any atom is 0.148 e. The van der Waals surface area contributed by atoms with Crippen molar-refractivity contribution in [3.05, 3.63) is 29.2 Å². The zero-order valence-corrected chi connectivity index (χ0v) is 12.3. The summed E-state index contributed by atoms with van der Waals surface area (Å²) in [5.41, 5.74) is 3.49. The maximum atomic E-state index is 4.58. The third-order valence-corrected chi connectivity index (χ3v) is 3.28. The molecule has 0 saturated carbocycles. The zero-order chi connectivity index (χ0) is 13.8. The highest BCUT2D eigenvalue weighted by Crippen LogP contribution is 2.12. The average molecular weight is 261 g/mol. The van der Waals surface area contributed by atoms with Gasteiger partial charge < -0.3 is 5.32 Å². The Morgan fingerprint density at radius 3 is 2.68 bits per heavy atom. The molecule has 0 aliphatic carbocycles. The van der Waals surface area contributed by atoms with Crippen LogP contribution in [-0.2, 0) is 20.1 Å². The van der Waals surface area contributed by atoms with E-state index in [2.05, 4.69) is 40.1 Å². The second kappa shape index (κ2) is 5.91. The third-order valence-electron chi connectivity index (χ3n) is 3.28. The van der Waals surface area contributed by atoms with Crippen LogP contribution in [0.4, 0.5) is 5.82 Å². The van der Waals surface area contributed by atoms with Crippen LogP contribution in [0.5, 0.6) is 0 Å². The van der Waals surface area contributed by atoms with E-state index in [4.69, 9.17) is 0 Å². The molecule has 0 aliphatic rings. The van der Waals surface area contributed by atoms with Gasteiger partial charge in [0, 0.05) is 43.7 Å². The van der Waals surface area contributed by atoms with E-state index in [9.17, 15) is 0 Å². The van der Waals surface area contributed by atoms with Crippen LogP contribution in [0.3, 0.4) is 0 Å². The highest BCUT2D eigenvalue weighted by atomic mass is 15.3. The van der Waals surface area contributed by atoms with Crippen molar-refractivity contribution in [3.8, 4) is 0 Å². The number of anilines is 1. The van der Waals surface area contributed by atoms with Gasteiger partial charge in [0.05, 0.1) is 5.69 Å². The number of nitrogens with one attached hydrogen (secondary N) is 1. The topological polar surface area (TPSA) is 47.7 Å². The van der Waals surface area contributed by atoms with Gasteiger partial charge in [0.15, 0.2) is 0 Å². The molecule has 5 nitrogen and oxygen atoms in total. The molecule has 2 rings (SSSR count). The molecule has 0 aliphatic heterocycles. The van der Waals surface area contributed by atoms with Crippen LogP contribution in [0.2, 0.25) is 0 Å². The first-order valence-corrected chi connectivity index (χ1v) is 6.87. The summed E-state index contributed by atoms with van der Waals surface area (Å²) in [4.78, 5) is 0. The zero-order valence-electron chi connectivity index (χ0n) is 12.3. The Hall–Kier alpha value is -1.78. The lowest BCUT2D eigenvalue weighted by Gasteiger charge is -2.03. The maximum absolute atomic E-state index is 4.58. The molecule has 5 heteroatoms. The van der Waals surface area contributed by atoms with Gasteiger partial charge in [-0.25, -0.2) is 0 Å². The van der Waals surface area contributed by atoms with Crippen LogP contribution in [0.25, 0.3) is 0 Å². The molecular weight excluding hydrogens is 238 g/mol. The van der Waals surface area contributed by atoms with E-state index < -0.39 is 0 Å². The molecule has 0 amide bonds. The van der Waals surface area contributed by atoms with Crippen LogP contribution in [0, 0.1) is 13.8 Å². The molecule has 0 fully saturated rings. The first-order chi connectivity index (χ1) is 9.10. The average Bonchev–Trinajstić information content (AvgIpc) is 2.87. The van der Waals surface area contributed by atoms with Gasteiger partial charge in [0.1, 0.15) is 5.82 Å². The highest BCUT2D eigenvalue weighted by Gasteiger charge is 2.06. The molecule has 2 heterocycles. The number of rotatable bonds is 6. The van der Waals surface area contributed by atoms with Gasteiger partial charge in [-0.15, -0.1) is 0 Å². The first kappa shape index (κ1) is 13.6. The van der Waals surface area contributed by atoms with Crippen molar-refractivity contribution in [2.75, 3.05) is 5.32 Å². The van der Waals surface area contributed by atoms with Gasteiger partial charge in [-0.2, -0.15) is 10.2 Å². The number of aromatic nitrogens is 4. The molecule has 1 N–H and O–H groups in total. The van der Waals surface area contributed by atoms with E-state index >= 15 is 0 Å². The minimum Gasteiger partial charge on any atom is -0.364 e. The number of unbranched alkanes of at least 4 members (excludes halogenated alkanes) is 1. The summed E-state index contributed by atoms with van der Waals surface area (Å²) in [6.07, 6.45) is 4.41. The Labute approximate surface area is 114 Å². The largest absolute Gasteiger partial charge is 0.364 e. The van der Waals surface area contributed by atoms with Gasteiger partial charge in [0.25, 0.3) is 0 Å². The summed E-state index contributed by atoms with van der Waals surface area (Å²) < 4.78 is 3.92. The summed E-state index contributed by atoms with van der Waals surface area (Å²) in [6.45, 7) is 8.09. The lowest BCUT2D eigenvalue weighted by Crippen LogP contribution is -2.04. The fourth-order valence-corrected chi connectivity index (χ4v) is 2.14. The number of nitrogens with zero attached hydrogens (tertiary/aromatic N) is 4. The van der Waals surface area contributed by atoms with Crippen molar-refractivity contribution < 1.29 is 0 Å². The number of aryl methyl sites for hydroxylation is 4. The van der Waals surface area contributed by atoms with E-state index in [1.807, 2.05) is 24.9 Å². The van der Waals surface area contributed by atoms with Crippen LogP contribution < -0.4 is 5.32 Å². The molecule has 0 saturated heterocycles. The van der Waals surface area contributed by atoms with E-state index in [0.717, 1.165) is 24.6 Å². The second-order valence-corrected chi connectivity index (χ2v) is 5.01. The van der Waals surface area contributed by atoms with Crippen LogP contribution in [-0.4, -0.2) is 19.6 Å². The molecule has 0 aromatic carbocycles. The lowest BCUT2D eigenvalue weighted by atomic mass is 10.2. The van der Waals surface area contributed by atoms with Gasteiger partial charge in [-0.3, -0.25) is 9.36 Å². The van der Waals surface area contributed by atoms with Gasteiger partial charge in [0.2, 0.25) is 0 Å². The Kier molecular flexibility index (Phi) is 4.24. The predicted molar refractivity (Wildman–Crippen MR) is 77.1 cm³/mol. The number of hydrogen-bond donors (Lipinski definition) is 1. The smallest absolute Gasteiger partial charge is 0.148 e. The quantitative estimate of drug-likeness (QED) is 0.869. The Balaban J connectivity index is 1.98. The molecule has 0 radical (unpaired) electrons. The van der Waals surface area contributed by atoms with E-state index in [1.54, 1.807) is 0 Å². The van der Waals surface area contributed by atoms with Crippen LogP contribution in [0.15, 0.2) is 12.3 Å². The minimum absolute atomic E-state index is 0.768. The van der Waals surface area contributed by atoms with Crippen LogP contribution >= 0.6 is 0 Å². The number of hydrogen-bond acceptors (Lipinski definition) is 3. The van der Waals surface area contributed by atoms with Gasteiger partial charge >= 0.3 is 0 Å². The Bertz CT molecular complexity index is 538. The monoisotopic (exact) mass is 261 g/mol. The lowest BCUT2D eigenvalue weighted by molar-refractivity contribution is 0.560. The standard InChI is InChI=1S/C14H23N5/c1-5-6-7-19-11(2)8-14(17-19)15-9-13-10-18(4)16-12(13)3/h8,10H,5-7,9H2,1-4H3,(H,15,17). The van der Waals surface area contributed by atoms with Gasteiger partial charge in [-0.05, 0) is 20.3 Å². The summed E-state index contributed by atoms with van der Waals surface area (Å²) in [5.74, 6) is 0.942. The van der Waals surface area contributed by atoms with Crippen molar-refractivity contribution in [3.63, 3.8) is 0 Å². The molecule has 2 aromatic rings. The molecule has 0 atom stereocenters. The second-order valence-electron chi connectivity index (χ2n) is 5.01. The summed E-state index contributed by atoms with van der Waals surface area (Å²) in [5, 5.41) is 12.3. The summed E-state index contributed by atoms with van der Waals surface area (Å²) >= 11 is 0. The molecule has 19 heavy (non-hydrogen) atoms. The fourth-order valence-electron chi connectivity index (χ4n) is 2.14. The molecule has 0 bridgehead atoms. The molecule has 0 spiro atoms. The molecule has 104 valence electrons. The van der Waals surface area contributed by atoms with Crippen molar-refractivity contribution in [1.82, 2.24) is 19.6 Å². The van der Waals surface area contributed by atoms with Gasteiger partial charge in [-0.1, -0.05) is 13.3 Å². The SMILES string of the molecule is CCCCn1nc(NCc2cn(C)nc2C)cc1C. The fraction of sp³-hybridized carbons (Fsp3) is 0.571. The van der Waals surface area contributed by atoms with Crippen molar-refractivity contribution in [2.24, 2.45) is 7.05 Å². The van der Waals surface area contributed by atoms with Crippen molar-refractivity contribution in [2.45, 2.75) is 46.7 Å². The summed E-state index contributed by atoms with van der Waals surface area (Å²) in [7, 11) is 1.94. The van der Waals surface area contributed by atoms with E-state index in [-0.39, 0.29) is 0 Å². The van der Waals surface area contributed by atoms with Crippen LogP contribution in [0.1, 0.15) is 36.7 Å². The summed E-state index contributed by atoms with van der Waals surface area (Å²) in [6, 6.07) is 2.10. The van der Waals surface area contributed by atoms with Crippen molar-refractivity contribution in [1.29, 1.82) is 0 Å². The Morgan fingerprint density at radius 1 is 1.26 bits per heavy atom. The van der Waals surface area contributed by atoms with E-state index in [1.165, 1.54) is 24.1 Å².